The second kappa shape index (κ2) is 9.91. The number of benzene rings is 1. The monoisotopic (exact) mass is 455 g/mol. The lowest BCUT2D eigenvalue weighted by Gasteiger charge is -2.16. The van der Waals surface area contributed by atoms with Crippen LogP contribution in [0.3, 0.4) is 0 Å². The van der Waals surface area contributed by atoms with Crippen LogP contribution in [0.4, 0.5) is 4.39 Å². The number of carbonyl (C=O) groups is 1. The minimum absolute atomic E-state index is 0.0424. The molecule has 1 unspecified atom stereocenters. The third-order valence-corrected chi connectivity index (χ3v) is 6.10. The Hall–Kier alpha value is -2.94. The van der Waals surface area contributed by atoms with Crippen LogP contribution in [0.25, 0.3) is 22.3 Å². The van der Waals surface area contributed by atoms with Crippen molar-refractivity contribution in [2.45, 2.75) is 59.9 Å². The third kappa shape index (κ3) is 3.88. The highest BCUT2D eigenvalue weighted by atomic mass is 19.1. The highest BCUT2D eigenvalue weighted by Crippen LogP contribution is 2.38. The van der Waals surface area contributed by atoms with Gasteiger partial charge >= 0.3 is 0 Å². The Labute approximate surface area is 192 Å². The number of rotatable bonds is 6. The summed E-state index contributed by atoms with van der Waals surface area (Å²) in [7, 11) is 1.44. The predicted molar refractivity (Wildman–Crippen MR) is 126 cm³/mol. The minimum atomic E-state index is -1.46. The summed E-state index contributed by atoms with van der Waals surface area (Å²) in [6.07, 6.45) is -0.478. The van der Waals surface area contributed by atoms with Gasteiger partial charge in [-0.1, -0.05) is 20.8 Å². The van der Waals surface area contributed by atoms with Crippen LogP contribution in [0, 0.1) is 12.7 Å². The van der Waals surface area contributed by atoms with E-state index in [0.29, 0.717) is 35.2 Å². The largest absolute Gasteiger partial charge is 0.381 e. The molecule has 3 heterocycles. The van der Waals surface area contributed by atoms with Gasteiger partial charge in [0.15, 0.2) is 6.29 Å². The van der Waals surface area contributed by atoms with Crippen molar-refractivity contribution in [2.24, 2.45) is 5.73 Å². The second-order valence-corrected chi connectivity index (χ2v) is 7.70. The zero-order chi connectivity index (χ0) is 24.4. The maximum atomic E-state index is 14.6. The van der Waals surface area contributed by atoms with Crippen molar-refractivity contribution in [2.75, 3.05) is 7.11 Å². The van der Waals surface area contributed by atoms with Gasteiger partial charge in [0.05, 0.1) is 30.1 Å². The zero-order valence-electron chi connectivity index (χ0n) is 19.7. The van der Waals surface area contributed by atoms with E-state index in [-0.39, 0.29) is 42.2 Å². The summed E-state index contributed by atoms with van der Waals surface area (Å²) in [4.78, 5) is 29.2. The quantitative estimate of drug-likeness (QED) is 0.432. The van der Waals surface area contributed by atoms with Crippen LogP contribution in [0.1, 0.15) is 60.3 Å². The van der Waals surface area contributed by atoms with Crippen LogP contribution in [-0.2, 0) is 35.6 Å². The number of aryl methyl sites for hydroxylation is 1. The first-order chi connectivity index (χ1) is 15.9. The molecule has 1 aliphatic heterocycles. The Morgan fingerprint density at radius 1 is 1.30 bits per heavy atom. The number of aliphatic hydroxyl groups is 1. The molecule has 2 aromatic heterocycles. The van der Waals surface area contributed by atoms with Gasteiger partial charge in [0.25, 0.3) is 5.56 Å². The number of halogens is 1. The molecule has 3 aromatic rings. The molecule has 4 rings (SSSR count). The smallest absolute Gasteiger partial charge is 0.257 e. The summed E-state index contributed by atoms with van der Waals surface area (Å²) in [5.41, 5.74) is 10.7. The van der Waals surface area contributed by atoms with E-state index in [0.717, 1.165) is 22.1 Å². The highest BCUT2D eigenvalue weighted by Gasteiger charge is 2.30. The first-order valence-corrected chi connectivity index (χ1v) is 11.1. The average molecular weight is 456 g/mol. The van der Waals surface area contributed by atoms with E-state index < -0.39 is 6.10 Å². The maximum Gasteiger partial charge on any atom is 0.257 e. The van der Waals surface area contributed by atoms with Gasteiger partial charge in [-0.05, 0) is 36.1 Å². The molecule has 1 aliphatic rings. The third-order valence-electron chi connectivity index (χ3n) is 6.10. The molecule has 0 bridgehead atoms. The van der Waals surface area contributed by atoms with Crippen LogP contribution in [0.15, 0.2) is 16.9 Å². The first-order valence-electron chi connectivity index (χ1n) is 11.1. The Balaban J connectivity index is 0.00000149. The number of methoxy groups -OCH3 is 1. The molecule has 0 radical (unpaired) electrons. The second-order valence-electron chi connectivity index (χ2n) is 7.70. The number of aliphatic hydroxyl groups excluding tert-OH is 1. The molecule has 3 N–H and O–H groups in total. The van der Waals surface area contributed by atoms with Crippen molar-refractivity contribution in [3.8, 4) is 11.4 Å². The lowest BCUT2D eigenvalue weighted by atomic mass is 9.92. The van der Waals surface area contributed by atoms with Gasteiger partial charge in [0, 0.05) is 41.8 Å². The standard InChI is InChI=1S/C23H24FN3O4.C2H6/c1-4-12-11(2)17(24)6-18-21(12)14(7-25)15-8-27-19(22(15)26-18)5-13(20(29)9-28)16(10-31-3)23(27)30;1-2/h5-6,9,20,29H,4,7-8,10,25H2,1-3H3;1-2H3. The van der Waals surface area contributed by atoms with E-state index in [2.05, 4.69) is 0 Å². The summed E-state index contributed by atoms with van der Waals surface area (Å²) in [5, 5.41) is 11.0. The fourth-order valence-electron chi connectivity index (χ4n) is 4.59. The molecule has 8 heteroatoms. The van der Waals surface area contributed by atoms with E-state index in [1.54, 1.807) is 17.6 Å². The van der Waals surface area contributed by atoms with Crippen molar-refractivity contribution in [1.82, 2.24) is 9.55 Å². The van der Waals surface area contributed by atoms with Crippen LogP contribution in [0.5, 0.6) is 0 Å². The Morgan fingerprint density at radius 3 is 2.58 bits per heavy atom. The molecule has 1 atom stereocenters. The minimum Gasteiger partial charge on any atom is -0.381 e. The summed E-state index contributed by atoms with van der Waals surface area (Å²) in [6, 6.07) is 2.98. The predicted octanol–water partition coefficient (Wildman–Crippen LogP) is 3.30. The number of nitrogens with zero attached hydrogens (tertiary/aromatic N) is 2. The van der Waals surface area contributed by atoms with Crippen molar-refractivity contribution in [3.05, 3.63) is 61.7 Å². The summed E-state index contributed by atoms with van der Waals surface area (Å²) in [6.45, 7) is 8.12. The van der Waals surface area contributed by atoms with E-state index in [9.17, 15) is 19.1 Å². The molecule has 176 valence electrons. The van der Waals surface area contributed by atoms with Gasteiger partial charge in [0.2, 0.25) is 0 Å². The summed E-state index contributed by atoms with van der Waals surface area (Å²) < 4.78 is 21.3. The number of aldehydes is 1. The van der Waals surface area contributed by atoms with Gasteiger partial charge in [-0.15, -0.1) is 0 Å². The van der Waals surface area contributed by atoms with Crippen LogP contribution < -0.4 is 11.3 Å². The number of hydrogen-bond acceptors (Lipinski definition) is 6. The Bertz CT molecular complexity index is 1280. The van der Waals surface area contributed by atoms with Gasteiger partial charge < -0.3 is 24.9 Å². The number of ether oxygens (including phenoxy) is 1. The van der Waals surface area contributed by atoms with E-state index >= 15 is 0 Å². The molecule has 0 aliphatic carbocycles. The van der Waals surface area contributed by atoms with Crippen LogP contribution in [0.2, 0.25) is 0 Å². The maximum absolute atomic E-state index is 14.6. The van der Waals surface area contributed by atoms with Crippen molar-refractivity contribution in [1.29, 1.82) is 0 Å². The summed E-state index contributed by atoms with van der Waals surface area (Å²) in [5.74, 6) is -0.345. The number of pyridine rings is 2. The van der Waals surface area contributed by atoms with Gasteiger partial charge in [-0.2, -0.15) is 0 Å². The van der Waals surface area contributed by atoms with E-state index in [1.807, 2.05) is 20.8 Å². The molecule has 1 aromatic carbocycles. The Kier molecular flexibility index (Phi) is 7.41. The van der Waals surface area contributed by atoms with Gasteiger partial charge in [-0.25, -0.2) is 9.37 Å². The molecule has 33 heavy (non-hydrogen) atoms. The molecule has 0 fully saturated rings. The molecule has 0 amide bonds. The molecule has 0 saturated heterocycles. The lowest BCUT2D eigenvalue weighted by Crippen LogP contribution is -2.26. The first kappa shape index (κ1) is 24.7. The van der Waals surface area contributed by atoms with Crippen molar-refractivity contribution < 1.29 is 19.0 Å². The average Bonchev–Trinajstić information content (AvgIpc) is 3.19. The van der Waals surface area contributed by atoms with Crippen molar-refractivity contribution >= 4 is 17.2 Å². The summed E-state index contributed by atoms with van der Waals surface area (Å²) >= 11 is 0. The molecular formula is C25H30FN3O4. The van der Waals surface area contributed by atoms with Gasteiger partial charge in [-0.3, -0.25) is 4.79 Å². The molecule has 7 nitrogen and oxygen atoms in total. The lowest BCUT2D eigenvalue weighted by molar-refractivity contribution is -0.115. The normalized spacial score (nSPS) is 12.7. The SMILES string of the molecule is CC.CCc1c(C)c(F)cc2nc3c(c(CN)c12)Cn1c-3cc(C(O)C=O)c(COC)c1=O. The fourth-order valence-corrected chi connectivity index (χ4v) is 4.59. The Morgan fingerprint density at radius 2 is 2.00 bits per heavy atom. The highest BCUT2D eigenvalue weighted by molar-refractivity contribution is 5.91. The fraction of sp³-hybridized carbons (Fsp3) is 0.400. The number of hydrogen-bond donors (Lipinski definition) is 2. The molecule has 0 spiro atoms. The van der Waals surface area contributed by atoms with Crippen molar-refractivity contribution in [3.63, 3.8) is 0 Å². The van der Waals surface area contributed by atoms with Crippen LogP contribution >= 0.6 is 0 Å². The molecular weight excluding hydrogens is 425 g/mol. The molecule has 0 saturated carbocycles. The number of aromatic nitrogens is 2. The van der Waals surface area contributed by atoms with E-state index in [4.69, 9.17) is 15.5 Å². The van der Waals surface area contributed by atoms with E-state index in [1.165, 1.54) is 13.2 Å². The number of fused-ring (bicyclic) bond motifs is 4. The van der Waals surface area contributed by atoms with Gasteiger partial charge in [0.1, 0.15) is 11.9 Å². The topological polar surface area (TPSA) is 107 Å². The van der Waals surface area contributed by atoms with Crippen LogP contribution in [-0.4, -0.2) is 28.1 Å². The number of nitrogens with two attached hydrogens (primary N) is 1. The zero-order valence-corrected chi connectivity index (χ0v) is 19.7. The number of carbonyl (C=O) groups excluding carboxylic acids is 1.